The van der Waals surface area contributed by atoms with Crippen LogP contribution in [0.2, 0.25) is 0 Å². The van der Waals surface area contributed by atoms with E-state index in [1.54, 1.807) is 19.1 Å². The van der Waals surface area contributed by atoms with Gasteiger partial charge >= 0.3 is 6.18 Å². The first-order valence-corrected chi connectivity index (χ1v) is 7.30. The highest BCUT2D eigenvalue weighted by atomic mass is 32.1. The number of alkyl halides is 3. The molecule has 1 unspecified atom stereocenters. The SMILES string of the molecule is CC(O)(CNC(=O)c1ccc(C(F)(F)F)cc1)c1cccs1. The molecule has 0 aliphatic carbocycles. The second kappa shape index (κ2) is 6.10. The van der Waals surface area contributed by atoms with E-state index in [0.29, 0.717) is 4.88 Å². The molecule has 1 amide bonds. The Balaban J connectivity index is 2.01. The van der Waals surface area contributed by atoms with Crippen LogP contribution in [0.5, 0.6) is 0 Å². The van der Waals surface area contributed by atoms with Crippen LogP contribution in [-0.4, -0.2) is 17.6 Å². The second-order valence-electron chi connectivity index (χ2n) is 5.01. The molecule has 2 aromatic rings. The lowest BCUT2D eigenvalue weighted by molar-refractivity contribution is -0.137. The van der Waals surface area contributed by atoms with Gasteiger partial charge in [0.05, 0.1) is 12.1 Å². The number of halogens is 3. The van der Waals surface area contributed by atoms with Gasteiger partial charge in [-0.3, -0.25) is 4.79 Å². The fourth-order valence-corrected chi connectivity index (χ4v) is 2.62. The summed E-state index contributed by atoms with van der Waals surface area (Å²) in [5.74, 6) is -0.537. The zero-order chi connectivity index (χ0) is 16.4. The lowest BCUT2D eigenvalue weighted by Gasteiger charge is -2.22. The Kier molecular flexibility index (Phi) is 4.58. The number of benzene rings is 1. The molecule has 0 aliphatic rings. The van der Waals surface area contributed by atoms with E-state index in [9.17, 15) is 23.1 Å². The summed E-state index contributed by atoms with van der Waals surface area (Å²) in [5, 5.41) is 14.6. The summed E-state index contributed by atoms with van der Waals surface area (Å²) < 4.78 is 37.3. The largest absolute Gasteiger partial charge is 0.416 e. The minimum absolute atomic E-state index is 0.0344. The van der Waals surface area contributed by atoms with Gasteiger partial charge in [-0.05, 0) is 42.6 Å². The molecule has 0 saturated carbocycles. The smallest absolute Gasteiger partial charge is 0.383 e. The van der Waals surface area contributed by atoms with Crippen LogP contribution in [0.4, 0.5) is 13.2 Å². The highest BCUT2D eigenvalue weighted by molar-refractivity contribution is 7.10. The molecule has 0 spiro atoms. The van der Waals surface area contributed by atoms with Gasteiger partial charge in [-0.25, -0.2) is 0 Å². The van der Waals surface area contributed by atoms with E-state index < -0.39 is 23.2 Å². The number of amides is 1. The molecule has 22 heavy (non-hydrogen) atoms. The van der Waals surface area contributed by atoms with Crippen LogP contribution in [-0.2, 0) is 11.8 Å². The number of aliphatic hydroxyl groups is 1. The summed E-state index contributed by atoms with van der Waals surface area (Å²) in [6.45, 7) is 1.53. The topological polar surface area (TPSA) is 49.3 Å². The molecular weight excluding hydrogens is 315 g/mol. The van der Waals surface area contributed by atoms with Gasteiger partial charge in [-0.15, -0.1) is 11.3 Å². The van der Waals surface area contributed by atoms with Gasteiger partial charge in [-0.2, -0.15) is 13.2 Å². The fourth-order valence-electron chi connectivity index (χ4n) is 1.84. The third-order valence-corrected chi connectivity index (χ3v) is 4.24. The summed E-state index contributed by atoms with van der Waals surface area (Å²) >= 11 is 1.36. The molecule has 0 saturated heterocycles. The van der Waals surface area contributed by atoms with Gasteiger partial charge < -0.3 is 10.4 Å². The van der Waals surface area contributed by atoms with Crippen molar-refractivity contribution >= 4 is 17.2 Å². The van der Waals surface area contributed by atoms with E-state index in [0.717, 1.165) is 24.3 Å². The average Bonchev–Trinajstić information content (AvgIpc) is 2.99. The van der Waals surface area contributed by atoms with Crippen molar-refractivity contribution in [3.63, 3.8) is 0 Å². The lowest BCUT2D eigenvalue weighted by Crippen LogP contribution is -2.38. The molecule has 0 fully saturated rings. The van der Waals surface area contributed by atoms with Crippen LogP contribution < -0.4 is 5.32 Å². The molecule has 1 aromatic heterocycles. The molecule has 7 heteroatoms. The van der Waals surface area contributed by atoms with Crippen molar-refractivity contribution in [3.8, 4) is 0 Å². The maximum Gasteiger partial charge on any atom is 0.416 e. The molecule has 0 bridgehead atoms. The zero-order valence-electron chi connectivity index (χ0n) is 11.6. The number of carbonyl (C=O) groups is 1. The van der Waals surface area contributed by atoms with Crippen molar-refractivity contribution < 1.29 is 23.1 Å². The summed E-state index contributed by atoms with van der Waals surface area (Å²) in [4.78, 5) is 12.6. The van der Waals surface area contributed by atoms with Gasteiger partial charge in [-0.1, -0.05) is 6.07 Å². The first-order valence-electron chi connectivity index (χ1n) is 6.42. The predicted octanol–water partition coefficient (Wildman–Crippen LogP) is 3.40. The average molecular weight is 329 g/mol. The Labute approximate surface area is 129 Å². The van der Waals surface area contributed by atoms with Crippen molar-refractivity contribution in [3.05, 3.63) is 57.8 Å². The molecule has 118 valence electrons. The van der Waals surface area contributed by atoms with Crippen molar-refractivity contribution in [1.29, 1.82) is 0 Å². The first kappa shape index (κ1) is 16.5. The maximum absolute atomic E-state index is 12.4. The monoisotopic (exact) mass is 329 g/mol. The number of hydrogen-bond acceptors (Lipinski definition) is 3. The Hall–Kier alpha value is -1.86. The van der Waals surface area contributed by atoms with Gasteiger partial charge in [0, 0.05) is 10.4 Å². The minimum Gasteiger partial charge on any atom is -0.383 e. The molecule has 2 rings (SSSR count). The predicted molar refractivity (Wildman–Crippen MR) is 77.7 cm³/mol. The molecule has 1 atom stereocenters. The molecule has 1 heterocycles. The third kappa shape index (κ3) is 3.86. The van der Waals surface area contributed by atoms with E-state index in [-0.39, 0.29) is 12.1 Å². The fraction of sp³-hybridized carbons (Fsp3) is 0.267. The number of carbonyl (C=O) groups excluding carboxylic acids is 1. The van der Waals surface area contributed by atoms with Crippen molar-refractivity contribution in [1.82, 2.24) is 5.32 Å². The van der Waals surface area contributed by atoms with E-state index in [4.69, 9.17) is 0 Å². The van der Waals surface area contributed by atoms with Crippen LogP contribution in [0.1, 0.15) is 27.7 Å². The number of nitrogens with one attached hydrogen (secondary N) is 1. The van der Waals surface area contributed by atoms with Crippen LogP contribution in [0.3, 0.4) is 0 Å². The second-order valence-corrected chi connectivity index (χ2v) is 5.96. The van der Waals surface area contributed by atoms with E-state index in [1.807, 2.05) is 5.38 Å². The van der Waals surface area contributed by atoms with Crippen LogP contribution in [0.25, 0.3) is 0 Å². The zero-order valence-corrected chi connectivity index (χ0v) is 12.5. The van der Waals surface area contributed by atoms with Crippen molar-refractivity contribution in [2.75, 3.05) is 6.54 Å². The van der Waals surface area contributed by atoms with E-state index >= 15 is 0 Å². The van der Waals surface area contributed by atoms with Gasteiger partial charge in [0.15, 0.2) is 0 Å². The van der Waals surface area contributed by atoms with Gasteiger partial charge in [0.1, 0.15) is 5.60 Å². The Morgan fingerprint density at radius 1 is 1.23 bits per heavy atom. The molecule has 1 aromatic carbocycles. The first-order chi connectivity index (χ1) is 10.2. The minimum atomic E-state index is -4.43. The molecule has 3 nitrogen and oxygen atoms in total. The third-order valence-electron chi connectivity index (χ3n) is 3.12. The summed E-state index contributed by atoms with van der Waals surface area (Å²) in [7, 11) is 0. The Bertz CT molecular complexity index is 634. The van der Waals surface area contributed by atoms with Crippen LogP contribution >= 0.6 is 11.3 Å². The molecule has 2 N–H and O–H groups in total. The van der Waals surface area contributed by atoms with Gasteiger partial charge in [0.25, 0.3) is 5.91 Å². The highest BCUT2D eigenvalue weighted by Crippen LogP contribution is 2.29. The van der Waals surface area contributed by atoms with Crippen LogP contribution in [0.15, 0.2) is 41.8 Å². The molecular formula is C15H14F3NO2S. The lowest BCUT2D eigenvalue weighted by atomic mass is 10.0. The summed E-state index contributed by atoms with van der Waals surface area (Å²) in [6.07, 6.45) is -4.43. The molecule has 0 radical (unpaired) electrons. The Morgan fingerprint density at radius 3 is 2.36 bits per heavy atom. The highest BCUT2D eigenvalue weighted by Gasteiger charge is 2.30. The Morgan fingerprint density at radius 2 is 1.86 bits per heavy atom. The van der Waals surface area contributed by atoms with E-state index in [1.165, 1.54) is 11.3 Å². The van der Waals surface area contributed by atoms with Crippen molar-refractivity contribution in [2.45, 2.75) is 18.7 Å². The molecule has 0 aliphatic heterocycles. The number of rotatable bonds is 4. The van der Waals surface area contributed by atoms with Gasteiger partial charge in [0.2, 0.25) is 0 Å². The quantitative estimate of drug-likeness (QED) is 0.903. The summed E-state index contributed by atoms with van der Waals surface area (Å²) in [5.41, 5.74) is -1.93. The van der Waals surface area contributed by atoms with Crippen molar-refractivity contribution in [2.24, 2.45) is 0 Å². The maximum atomic E-state index is 12.4. The number of thiophene rings is 1. The van der Waals surface area contributed by atoms with E-state index in [2.05, 4.69) is 5.32 Å². The normalized spacial score (nSPS) is 14.4. The summed E-state index contributed by atoms with van der Waals surface area (Å²) in [6, 6.07) is 7.45. The number of hydrogen-bond donors (Lipinski definition) is 2. The standard InChI is InChI=1S/C15H14F3NO2S/c1-14(21,12-3-2-8-22-12)9-19-13(20)10-4-6-11(7-5-10)15(16,17)18/h2-8,21H,9H2,1H3,(H,19,20). The van der Waals surface area contributed by atoms with Crippen LogP contribution in [0, 0.1) is 0 Å².